The Hall–Kier alpha value is -0.950. The first-order valence-corrected chi connectivity index (χ1v) is 8.23. The number of nitrogens with two attached hydrogens (primary N) is 1. The Labute approximate surface area is 140 Å². The van der Waals surface area contributed by atoms with Crippen molar-refractivity contribution in [2.24, 2.45) is 0 Å². The molecule has 0 fully saturated rings. The molecule has 0 aliphatic carbocycles. The number of ether oxygens (including phenoxy) is 1. The zero-order valence-corrected chi connectivity index (χ0v) is 14.5. The Kier molecular flexibility index (Phi) is 4.07. The zero-order chi connectivity index (χ0) is 14.1. The summed E-state index contributed by atoms with van der Waals surface area (Å²) in [5, 5.41) is 3.45. The van der Waals surface area contributed by atoms with Gasteiger partial charge in [-0.1, -0.05) is 15.9 Å². The van der Waals surface area contributed by atoms with Crippen molar-refractivity contribution in [3.05, 3.63) is 49.5 Å². The van der Waals surface area contributed by atoms with Crippen LogP contribution in [-0.4, -0.2) is 6.61 Å². The molecule has 0 amide bonds. The molecule has 0 saturated heterocycles. The molecule has 0 aromatic heterocycles. The minimum absolute atomic E-state index is 0.738. The number of benzene rings is 2. The minimum atomic E-state index is 0.738. The minimum Gasteiger partial charge on any atom is -0.493 e. The van der Waals surface area contributed by atoms with Gasteiger partial charge in [-0.15, -0.1) is 0 Å². The average molecular weight is 445 g/mol. The molecule has 0 unspecified atom stereocenters. The number of hydrogen-bond acceptors (Lipinski definition) is 3. The van der Waals surface area contributed by atoms with Gasteiger partial charge in [-0.05, 0) is 58.5 Å². The molecule has 1 heterocycles. The van der Waals surface area contributed by atoms with E-state index in [0.29, 0.717) is 0 Å². The van der Waals surface area contributed by atoms with Crippen molar-refractivity contribution in [2.75, 3.05) is 17.7 Å². The molecule has 3 nitrogen and oxygen atoms in total. The summed E-state index contributed by atoms with van der Waals surface area (Å²) in [6.07, 6.45) is 0.987. The monoisotopic (exact) mass is 444 g/mol. The Morgan fingerprint density at radius 3 is 2.95 bits per heavy atom. The SMILES string of the molecule is Nc1ccc(NCc2cc(Br)cc3c2OCC3)c(I)c1. The van der Waals surface area contributed by atoms with Crippen molar-refractivity contribution in [1.29, 1.82) is 0 Å². The number of anilines is 2. The van der Waals surface area contributed by atoms with Crippen LogP contribution >= 0.6 is 38.5 Å². The van der Waals surface area contributed by atoms with Gasteiger partial charge >= 0.3 is 0 Å². The Bertz CT molecular complexity index is 661. The van der Waals surface area contributed by atoms with E-state index >= 15 is 0 Å². The van der Waals surface area contributed by atoms with Gasteiger partial charge in [0.25, 0.3) is 0 Å². The van der Waals surface area contributed by atoms with Crippen LogP contribution in [0.15, 0.2) is 34.8 Å². The Balaban J connectivity index is 1.82. The van der Waals surface area contributed by atoms with E-state index in [9.17, 15) is 0 Å². The van der Waals surface area contributed by atoms with Gasteiger partial charge in [0.15, 0.2) is 0 Å². The van der Waals surface area contributed by atoms with Crippen LogP contribution < -0.4 is 15.8 Å². The van der Waals surface area contributed by atoms with E-state index in [1.807, 2.05) is 18.2 Å². The van der Waals surface area contributed by atoms with Crippen LogP contribution in [-0.2, 0) is 13.0 Å². The van der Waals surface area contributed by atoms with E-state index in [1.54, 1.807) is 0 Å². The zero-order valence-electron chi connectivity index (χ0n) is 10.7. The van der Waals surface area contributed by atoms with Crippen molar-refractivity contribution in [3.8, 4) is 5.75 Å². The summed E-state index contributed by atoms with van der Waals surface area (Å²) < 4.78 is 7.96. The van der Waals surface area contributed by atoms with Crippen molar-refractivity contribution < 1.29 is 4.74 Å². The number of nitrogen functional groups attached to an aromatic ring is 1. The molecule has 5 heteroatoms. The molecule has 3 rings (SSSR count). The third-order valence-corrected chi connectivity index (χ3v) is 4.64. The van der Waals surface area contributed by atoms with Gasteiger partial charge in [-0.25, -0.2) is 0 Å². The van der Waals surface area contributed by atoms with Gasteiger partial charge in [0.05, 0.1) is 6.61 Å². The van der Waals surface area contributed by atoms with Crippen LogP contribution in [0.1, 0.15) is 11.1 Å². The molecule has 1 aliphatic rings. The van der Waals surface area contributed by atoms with E-state index in [0.717, 1.165) is 44.7 Å². The number of hydrogen-bond donors (Lipinski definition) is 2. The predicted octanol–water partition coefficient (Wildman–Crippen LogP) is 4.18. The van der Waals surface area contributed by atoms with Crippen molar-refractivity contribution in [3.63, 3.8) is 0 Å². The van der Waals surface area contributed by atoms with E-state index < -0.39 is 0 Å². The lowest BCUT2D eigenvalue weighted by molar-refractivity contribution is 0.354. The summed E-state index contributed by atoms with van der Waals surface area (Å²) in [5.74, 6) is 1.03. The Morgan fingerprint density at radius 1 is 1.30 bits per heavy atom. The van der Waals surface area contributed by atoms with Crippen molar-refractivity contribution in [1.82, 2.24) is 0 Å². The summed E-state index contributed by atoms with van der Waals surface area (Å²) in [6, 6.07) is 10.1. The third kappa shape index (κ3) is 2.88. The molecule has 104 valence electrons. The lowest BCUT2D eigenvalue weighted by Crippen LogP contribution is -2.03. The molecule has 2 aromatic rings. The van der Waals surface area contributed by atoms with Gasteiger partial charge in [0, 0.05) is 37.9 Å². The largest absolute Gasteiger partial charge is 0.493 e. The third-order valence-electron chi connectivity index (χ3n) is 3.29. The highest BCUT2D eigenvalue weighted by atomic mass is 127. The van der Waals surface area contributed by atoms with E-state index in [4.69, 9.17) is 10.5 Å². The van der Waals surface area contributed by atoms with E-state index in [-0.39, 0.29) is 0 Å². The summed E-state index contributed by atoms with van der Waals surface area (Å²) in [4.78, 5) is 0. The molecule has 2 aromatic carbocycles. The fraction of sp³-hybridized carbons (Fsp3) is 0.200. The first-order valence-electron chi connectivity index (χ1n) is 6.36. The standard InChI is InChI=1S/C15H14BrIN2O/c16-11-5-9-3-4-20-15(9)10(6-11)8-19-14-2-1-12(18)7-13(14)17/h1-2,5-7,19H,3-4,8,18H2. The fourth-order valence-corrected chi connectivity index (χ4v) is 3.63. The fourth-order valence-electron chi connectivity index (χ4n) is 2.34. The smallest absolute Gasteiger partial charge is 0.127 e. The highest BCUT2D eigenvalue weighted by Crippen LogP contribution is 2.33. The maximum atomic E-state index is 5.77. The summed E-state index contributed by atoms with van der Waals surface area (Å²) in [7, 11) is 0. The van der Waals surface area contributed by atoms with Crippen molar-refractivity contribution in [2.45, 2.75) is 13.0 Å². The topological polar surface area (TPSA) is 47.3 Å². The number of fused-ring (bicyclic) bond motifs is 1. The Morgan fingerprint density at radius 2 is 2.15 bits per heavy atom. The molecule has 0 atom stereocenters. The van der Waals surface area contributed by atoms with Crippen molar-refractivity contribution >= 4 is 49.9 Å². The lowest BCUT2D eigenvalue weighted by Gasteiger charge is -2.12. The quantitative estimate of drug-likeness (QED) is 0.551. The average Bonchev–Trinajstić information content (AvgIpc) is 2.85. The second kappa shape index (κ2) is 5.81. The van der Waals surface area contributed by atoms with Crippen LogP contribution in [0.3, 0.4) is 0 Å². The maximum absolute atomic E-state index is 5.77. The van der Waals surface area contributed by atoms with Gasteiger partial charge in [0.1, 0.15) is 5.75 Å². The molecule has 0 bridgehead atoms. The van der Waals surface area contributed by atoms with Crippen LogP contribution in [0.25, 0.3) is 0 Å². The molecule has 0 radical (unpaired) electrons. The molecular formula is C15H14BrIN2O. The first-order chi connectivity index (χ1) is 9.63. The molecular weight excluding hydrogens is 431 g/mol. The van der Waals surface area contributed by atoms with Gasteiger partial charge in [-0.3, -0.25) is 0 Å². The van der Waals surface area contributed by atoms with Gasteiger partial charge in [-0.2, -0.15) is 0 Å². The summed E-state index contributed by atoms with van der Waals surface area (Å²) in [5.41, 5.74) is 10.1. The second-order valence-corrected chi connectivity index (χ2v) is 6.82. The molecule has 0 spiro atoms. The maximum Gasteiger partial charge on any atom is 0.127 e. The first kappa shape index (κ1) is 14.0. The van der Waals surface area contributed by atoms with Crippen LogP contribution in [0.2, 0.25) is 0 Å². The number of halogens is 2. The lowest BCUT2D eigenvalue weighted by atomic mass is 10.1. The molecule has 0 saturated carbocycles. The number of rotatable bonds is 3. The highest BCUT2D eigenvalue weighted by molar-refractivity contribution is 14.1. The molecule has 20 heavy (non-hydrogen) atoms. The van der Waals surface area contributed by atoms with Crippen LogP contribution in [0.5, 0.6) is 5.75 Å². The number of nitrogens with one attached hydrogen (secondary N) is 1. The molecule has 1 aliphatic heterocycles. The van der Waals surface area contributed by atoms with E-state index in [1.165, 1.54) is 11.1 Å². The van der Waals surface area contributed by atoms with Gasteiger partial charge < -0.3 is 15.8 Å². The van der Waals surface area contributed by atoms with E-state index in [2.05, 4.69) is 56.0 Å². The predicted molar refractivity (Wildman–Crippen MR) is 94.2 cm³/mol. The summed E-state index contributed by atoms with van der Waals surface area (Å²) >= 11 is 5.85. The summed E-state index contributed by atoms with van der Waals surface area (Å²) in [6.45, 7) is 1.51. The van der Waals surface area contributed by atoms with Crippen LogP contribution in [0, 0.1) is 3.57 Å². The molecule has 3 N–H and O–H groups in total. The van der Waals surface area contributed by atoms with Crippen LogP contribution in [0.4, 0.5) is 11.4 Å². The highest BCUT2D eigenvalue weighted by Gasteiger charge is 2.17. The normalized spacial score (nSPS) is 12.9. The van der Waals surface area contributed by atoms with Gasteiger partial charge in [0.2, 0.25) is 0 Å². The second-order valence-electron chi connectivity index (χ2n) is 4.74.